The van der Waals surface area contributed by atoms with E-state index in [9.17, 15) is 18.0 Å². The Morgan fingerprint density at radius 3 is 2.00 bits per heavy atom. The van der Waals surface area contributed by atoms with Crippen LogP contribution in [0, 0.1) is 5.41 Å². The fourth-order valence-electron chi connectivity index (χ4n) is 1.36. The Bertz CT molecular complexity index is 446. The Morgan fingerprint density at radius 1 is 1.16 bits per heavy atom. The largest absolute Gasteiger partial charge is 0.416 e. The summed E-state index contributed by atoms with van der Waals surface area (Å²) in [6.45, 7) is 5.43. The highest BCUT2D eigenvalue weighted by Gasteiger charge is 2.30. The second-order valence-corrected chi connectivity index (χ2v) is 5.41. The molecule has 0 saturated heterocycles. The number of nitrogens with two attached hydrogens (primary N) is 1. The zero-order valence-electron chi connectivity index (χ0n) is 11.0. The molecule has 0 aliphatic rings. The van der Waals surface area contributed by atoms with Crippen molar-refractivity contribution in [2.75, 3.05) is 5.32 Å². The number of amides is 1. The molecule has 0 aliphatic heterocycles. The molecule has 0 heterocycles. The predicted molar refractivity (Wildman–Crippen MR) is 67.5 cm³/mol. The van der Waals surface area contributed by atoms with Crippen molar-refractivity contribution in [2.24, 2.45) is 11.1 Å². The molecular formula is C13H17F3N2O. The molecule has 1 amide bonds. The highest BCUT2D eigenvalue weighted by molar-refractivity contribution is 5.95. The third-order valence-corrected chi connectivity index (χ3v) is 2.70. The zero-order valence-corrected chi connectivity index (χ0v) is 11.0. The van der Waals surface area contributed by atoms with E-state index in [1.165, 1.54) is 12.1 Å². The third kappa shape index (κ3) is 4.24. The summed E-state index contributed by atoms with van der Waals surface area (Å²) in [5.41, 5.74) is 4.86. The molecule has 0 aromatic heterocycles. The Kier molecular flexibility index (Phi) is 4.25. The molecule has 3 nitrogen and oxygen atoms in total. The summed E-state index contributed by atoms with van der Waals surface area (Å²) < 4.78 is 37.1. The summed E-state index contributed by atoms with van der Waals surface area (Å²) in [6.07, 6.45) is -4.38. The molecule has 106 valence electrons. The van der Waals surface area contributed by atoms with Crippen LogP contribution < -0.4 is 11.1 Å². The van der Waals surface area contributed by atoms with Gasteiger partial charge in [0.05, 0.1) is 11.6 Å². The van der Waals surface area contributed by atoms with Gasteiger partial charge in [-0.2, -0.15) is 13.2 Å². The number of hydrogen-bond acceptors (Lipinski definition) is 2. The monoisotopic (exact) mass is 274 g/mol. The molecule has 0 saturated carbocycles. The Morgan fingerprint density at radius 2 is 1.63 bits per heavy atom. The molecule has 0 aliphatic carbocycles. The van der Waals surface area contributed by atoms with Crippen LogP contribution in [0.5, 0.6) is 0 Å². The lowest BCUT2D eigenvalue weighted by Gasteiger charge is -2.25. The summed E-state index contributed by atoms with van der Waals surface area (Å²) in [6, 6.07) is 3.50. The van der Waals surface area contributed by atoms with E-state index in [1.807, 2.05) is 20.8 Å². The van der Waals surface area contributed by atoms with Gasteiger partial charge in [0, 0.05) is 5.69 Å². The molecule has 0 spiro atoms. The van der Waals surface area contributed by atoms with Crippen molar-refractivity contribution in [2.45, 2.75) is 33.0 Å². The van der Waals surface area contributed by atoms with E-state index in [1.54, 1.807) is 0 Å². The van der Waals surface area contributed by atoms with Gasteiger partial charge in [-0.3, -0.25) is 4.79 Å². The van der Waals surface area contributed by atoms with Crippen LogP contribution >= 0.6 is 0 Å². The Hall–Kier alpha value is -1.56. The van der Waals surface area contributed by atoms with Crippen LogP contribution in [-0.4, -0.2) is 11.9 Å². The minimum atomic E-state index is -4.38. The van der Waals surface area contributed by atoms with E-state index in [0.717, 1.165) is 12.1 Å². The van der Waals surface area contributed by atoms with E-state index in [4.69, 9.17) is 5.73 Å². The average molecular weight is 274 g/mol. The van der Waals surface area contributed by atoms with E-state index < -0.39 is 29.1 Å². The van der Waals surface area contributed by atoms with E-state index in [-0.39, 0.29) is 5.69 Å². The molecule has 0 fully saturated rings. The first-order valence-electron chi connectivity index (χ1n) is 5.75. The predicted octanol–water partition coefficient (Wildman–Crippen LogP) is 3.02. The van der Waals surface area contributed by atoms with Crippen LogP contribution in [0.15, 0.2) is 24.3 Å². The molecular weight excluding hydrogens is 257 g/mol. The van der Waals surface area contributed by atoms with Crippen LogP contribution in [0.1, 0.15) is 26.3 Å². The first kappa shape index (κ1) is 15.5. The van der Waals surface area contributed by atoms with Gasteiger partial charge in [-0.05, 0) is 29.7 Å². The molecule has 0 unspecified atom stereocenters. The summed E-state index contributed by atoms with van der Waals surface area (Å²) in [4.78, 5) is 11.8. The third-order valence-electron chi connectivity index (χ3n) is 2.70. The van der Waals surface area contributed by atoms with E-state index in [2.05, 4.69) is 5.32 Å². The second-order valence-electron chi connectivity index (χ2n) is 5.41. The Balaban J connectivity index is 2.77. The van der Waals surface area contributed by atoms with Gasteiger partial charge in [0.15, 0.2) is 0 Å². The fourth-order valence-corrected chi connectivity index (χ4v) is 1.36. The number of alkyl halides is 3. The quantitative estimate of drug-likeness (QED) is 0.871. The minimum absolute atomic E-state index is 0.290. The van der Waals surface area contributed by atoms with Crippen molar-refractivity contribution in [3.8, 4) is 0 Å². The number of carbonyl (C=O) groups excluding carboxylic acids is 1. The molecule has 1 atom stereocenters. The van der Waals surface area contributed by atoms with Crippen molar-refractivity contribution in [1.29, 1.82) is 0 Å². The van der Waals surface area contributed by atoms with Crippen molar-refractivity contribution in [1.82, 2.24) is 0 Å². The van der Waals surface area contributed by atoms with E-state index in [0.29, 0.717) is 0 Å². The number of hydrogen-bond donors (Lipinski definition) is 2. The normalized spacial score (nSPS) is 14.1. The average Bonchev–Trinajstić information content (AvgIpc) is 2.26. The SMILES string of the molecule is CC(C)(C)[C@@H](N)C(=O)Nc1ccc(C(F)(F)F)cc1. The lowest BCUT2D eigenvalue weighted by atomic mass is 9.87. The first-order valence-corrected chi connectivity index (χ1v) is 5.75. The van der Waals surface area contributed by atoms with Crippen molar-refractivity contribution in [3.63, 3.8) is 0 Å². The topological polar surface area (TPSA) is 55.1 Å². The van der Waals surface area contributed by atoms with Crippen LogP contribution in [0.2, 0.25) is 0 Å². The maximum Gasteiger partial charge on any atom is 0.416 e. The molecule has 1 aromatic carbocycles. The van der Waals surface area contributed by atoms with Gasteiger partial charge in [0.25, 0.3) is 0 Å². The summed E-state index contributed by atoms with van der Waals surface area (Å²) in [5.74, 6) is -0.424. The van der Waals surface area contributed by atoms with Gasteiger partial charge in [0.1, 0.15) is 0 Å². The molecule has 0 bridgehead atoms. The van der Waals surface area contributed by atoms with Crippen molar-refractivity contribution in [3.05, 3.63) is 29.8 Å². The highest BCUT2D eigenvalue weighted by atomic mass is 19.4. The number of rotatable bonds is 2. The van der Waals surface area contributed by atoms with Gasteiger partial charge < -0.3 is 11.1 Å². The molecule has 3 N–H and O–H groups in total. The maximum absolute atomic E-state index is 12.4. The molecule has 6 heteroatoms. The van der Waals surface area contributed by atoms with Crippen molar-refractivity contribution < 1.29 is 18.0 Å². The molecule has 0 radical (unpaired) electrons. The lowest BCUT2D eigenvalue weighted by Crippen LogP contribution is -2.45. The van der Waals surface area contributed by atoms with Crippen LogP contribution in [0.3, 0.4) is 0 Å². The molecule has 19 heavy (non-hydrogen) atoms. The van der Waals surface area contributed by atoms with Gasteiger partial charge >= 0.3 is 6.18 Å². The molecule has 1 rings (SSSR count). The first-order chi connectivity index (χ1) is 8.51. The van der Waals surface area contributed by atoms with E-state index >= 15 is 0 Å². The number of carbonyl (C=O) groups is 1. The van der Waals surface area contributed by atoms with Gasteiger partial charge in [-0.1, -0.05) is 20.8 Å². The lowest BCUT2D eigenvalue weighted by molar-refractivity contribution is -0.137. The van der Waals surface area contributed by atoms with Gasteiger partial charge in [0.2, 0.25) is 5.91 Å². The second kappa shape index (κ2) is 5.21. The minimum Gasteiger partial charge on any atom is -0.325 e. The maximum atomic E-state index is 12.4. The summed E-state index contributed by atoms with van der Waals surface area (Å²) >= 11 is 0. The van der Waals surface area contributed by atoms with Crippen LogP contribution in [-0.2, 0) is 11.0 Å². The number of nitrogens with one attached hydrogen (secondary N) is 1. The van der Waals surface area contributed by atoms with Crippen molar-refractivity contribution >= 4 is 11.6 Å². The zero-order chi connectivity index (χ0) is 14.8. The smallest absolute Gasteiger partial charge is 0.325 e. The number of benzene rings is 1. The summed E-state index contributed by atoms with van der Waals surface area (Å²) in [5, 5.41) is 2.50. The highest BCUT2D eigenvalue weighted by Crippen LogP contribution is 2.30. The number of anilines is 1. The standard InChI is InChI=1S/C13H17F3N2O/c1-12(2,3)10(17)11(19)18-9-6-4-8(5-7-9)13(14,15)16/h4-7,10H,17H2,1-3H3,(H,18,19)/t10-/m0/s1. The van der Waals surface area contributed by atoms with Crippen LogP contribution in [0.4, 0.5) is 18.9 Å². The fraction of sp³-hybridized carbons (Fsp3) is 0.462. The van der Waals surface area contributed by atoms with Crippen LogP contribution in [0.25, 0.3) is 0 Å². The van der Waals surface area contributed by atoms with Gasteiger partial charge in [-0.25, -0.2) is 0 Å². The number of halogens is 3. The van der Waals surface area contributed by atoms with Gasteiger partial charge in [-0.15, -0.1) is 0 Å². The molecule has 1 aromatic rings. The summed E-state index contributed by atoms with van der Waals surface area (Å²) in [7, 11) is 0. The Labute approximate surface area is 110 Å².